The molecule has 1 N–H and O–H groups in total. The van der Waals surface area contributed by atoms with E-state index in [2.05, 4.69) is 62.5 Å². The van der Waals surface area contributed by atoms with Gasteiger partial charge in [-0.25, -0.2) is 0 Å². The Kier molecular flexibility index (Phi) is 6.02. The quantitative estimate of drug-likeness (QED) is 0.810. The number of rotatable bonds is 7. The summed E-state index contributed by atoms with van der Waals surface area (Å²) in [5, 5.41) is 2.90. The number of amides is 1. The molecule has 0 aliphatic rings. The summed E-state index contributed by atoms with van der Waals surface area (Å²) >= 11 is 0. The third-order valence-corrected chi connectivity index (χ3v) is 4.11. The molecule has 0 unspecified atom stereocenters. The van der Waals surface area contributed by atoms with Crippen LogP contribution in [-0.2, 0) is 10.2 Å². The molecule has 0 atom stereocenters. The van der Waals surface area contributed by atoms with Crippen molar-refractivity contribution in [2.45, 2.75) is 39.5 Å². The van der Waals surface area contributed by atoms with Crippen LogP contribution >= 0.6 is 0 Å². The first kappa shape index (κ1) is 18.1. The van der Waals surface area contributed by atoms with Gasteiger partial charge in [-0.1, -0.05) is 57.2 Å². The maximum atomic E-state index is 11.1. The first-order chi connectivity index (χ1) is 11.4. The van der Waals surface area contributed by atoms with Crippen molar-refractivity contribution in [1.82, 2.24) is 5.32 Å². The summed E-state index contributed by atoms with van der Waals surface area (Å²) in [4.78, 5) is 11.1. The topological polar surface area (TPSA) is 38.3 Å². The molecular weight excluding hydrogens is 298 g/mol. The van der Waals surface area contributed by atoms with Gasteiger partial charge in [0.25, 0.3) is 0 Å². The van der Waals surface area contributed by atoms with Crippen molar-refractivity contribution in [3.63, 3.8) is 0 Å². The smallest absolute Gasteiger partial charge is 0.216 e. The SMILES string of the molecule is CCCOc1ccc(-c2ccc(C(C)(C)CNC(C)=O)cc2)cc1. The van der Waals surface area contributed by atoms with Crippen LogP contribution in [0.5, 0.6) is 5.75 Å². The number of hydrogen-bond donors (Lipinski definition) is 1. The lowest BCUT2D eigenvalue weighted by Gasteiger charge is -2.25. The Hall–Kier alpha value is -2.29. The summed E-state index contributed by atoms with van der Waals surface area (Å²) in [6, 6.07) is 16.7. The zero-order chi connectivity index (χ0) is 17.6. The molecule has 0 heterocycles. The maximum absolute atomic E-state index is 11.1. The van der Waals surface area contributed by atoms with E-state index in [0.717, 1.165) is 18.8 Å². The Bertz CT molecular complexity index is 657. The van der Waals surface area contributed by atoms with E-state index in [1.165, 1.54) is 16.7 Å². The van der Waals surface area contributed by atoms with Crippen molar-refractivity contribution >= 4 is 5.91 Å². The van der Waals surface area contributed by atoms with Crippen LogP contribution in [0.4, 0.5) is 0 Å². The summed E-state index contributed by atoms with van der Waals surface area (Å²) in [6.45, 7) is 9.30. The number of carbonyl (C=O) groups is 1. The van der Waals surface area contributed by atoms with Gasteiger partial charge < -0.3 is 10.1 Å². The predicted molar refractivity (Wildman–Crippen MR) is 99.4 cm³/mol. The molecule has 128 valence electrons. The molecule has 0 aliphatic heterocycles. The lowest BCUT2D eigenvalue weighted by molar-refractivity contribution is -0.119. The highest BCUT2D eigenvalue weighted by Gasteiger charge is 2.20. The lowest BCUT2D eigenvalue weighted by Crippen LogP contribution is -2.35. The van der Waals surface area contributed by atoms with Gasteiger partial charge in [-0.05, 0) is 35.2 Å². The van der Waals surface area contributed by atoms with E-state index >= 15 is 0 Å². The van der Waals surface area contributed by atoms with Gasteiger partial charge in [0.15, 0.2) is 0 Å². The minimum Gasteiger partial charge on any atom is -0.494 e. The molecule has 1 amide bonds. The maximum Gasteiger partial charge on any atom is 0.216 e. The molecule has 0 saturated heterocycles. The zero-order valence-electron chi connectivity index (χ0n) is 15.1. The van der Waals surface area contributed by atoms with E-state index < -0.39 is 0 Å². The molecule has 2 aromatic rings. The minimum absolute atomic E-state index is 0.00470. The van der Waals surface area contributed by atoms with Crippen LogP contribution in [0.3, 0.4) is 0 Å². The van der Waals surface area contributed by atoms with Crippen molar-refractivity contribution in [3.05, 3.63) is 54.1 Å². The first-order valence-corrected chi connectivity index (χ1v) is 8.50. The Balaban J connectivity index is 2.09. The van der Waals surface area contributed by atoms with Crippen LogP contribution in [0.25, 0.3) is 11.1 Å². The fourth-order valence-electron chi connectivity index (χ4n) is 2.52. The predicted octanol–water partition coefficient (Wildman–Crippen LogP) is 4.56. The lowest BCUT2D eigenvalue weighted by atomic mass is 9.84. The van der Waals surface area contributed by atoms with Gasteiger partial charge in [-0.2, -0.15) is 0 Å². The van der Waals surface area contributed by atoms with E-state index in [1.807, 2.05) is 12.1 Å². The van der Waals surface area contributed by atoms with Gasteiger partial charge in [-0.3, -0.25) is 4.79 Å². The molecule has 3 nitrogen and oxygen atoms in total. The van der Waals surface area contributed by atoms with Crippen LogP contribution in [0.2, 0.25) is 0 Å². The molecule has 2 rings (SSSR count). The number of ether oxygens (including phenoxy) is 1. The fourth-order valence-corrected chi connectivity index (χ4v) is 2.52. The Morgan fingerprint density at radius 3 is 2.04 bits per heavy atom. The molecule has 0 fully saturated rings. The Labute approximate surface area is 145 Å². The molecule has 3 heteroatoms. The number of nitrogens with one attached hydrogen (secondary N) is 1. The van der Waals surface area contributed by atoms with Gasteiger partial charge in [0.1, 0.15) is 5.75 Å². The standard InChI is InChI=1S/C21H27NO2/c1-5-14-24-20-12-8-18(9-13-20)17-6-10-19(11-7-17)21(3,4)15-22-16(2)23/h6-13H,5,14-15H2,1-4H3,(H,22,23). The zero-order valence-corrected chi connectivity index (χ0v) is 15.1. The summed E-state index contributed by atoms with van der Waals surface area (Å²) in [5.74, 6) is 0.915. The molecule has 0 saturated carbocycles. The van der Waals surface area contributed by atoms with Crippen molar-refractivity contribution in [3.8, 4) is 16.9 Å². The average molecular weight is 325 g/mol. The Morgan fingerprint density at radius 2 is 1.54 bits per heavy atom. The van der Waals surface area contributed by atoms with E-state index in [0.29, 0.717) is 6.54 Å². The molecule has 2 aromatic carbocycles. The highest BCUT2D eigenvalue weighted by Crippen LogP contribution is 2.27. The summed E-state index contributed by atoms with van der Waals surface area (Å²) in [7, 11) is 0. The van der Waals surface area contributed by atoms with Gasteiger partial charge in [0.2, 0.25) is 5.91 Å². The van der Waals surface area contributed by atoms with Crippen molar-refractivity contribution in [2.24, 2.45) is 0 Å². The van der Waals surface area contributed by atoms with Gasteiger partial charge >= 0.3 is 0 Å². The third kappa shape index (κ3) is 4.85. The largest absolute Gasteiger partial charge is 0.494 e. The van der Waals surface area contributed by atoms with E-state index in [9.17, 15) is 4.79 Å². The molecule has 0 aromatic heterocycles. The average Bonchev–Trinajstić information content (AvgIpc) is 2.59. The second-order valence-corrected chi connectivity index (χ2v) is 6.74. The molecule has 0 spiro atoms. The van der Waals surface area contributed by atoms with Crippen molar-refractivity contribution < 1.29 is 9.53 Å². The van der Waals surface area contributed by atoms with Crippen LogP contribution in [0, 0.1) is 0 Å². The second kappa shape index (κ2) is 8.00. The van der Waals surface area contributed by atoms with E-state index in [4.69, 9.17) is 4.74 Å². The molecular formula is C21H27NO2. The van der Waals surface area contributed by atoms with E-state index in [-0.39, 0.29) is 11.3 Å². The van der Waals surface area contributed by atoms with E-state index in [1.54, 1.807) is 6.92 Å². The highest BCUT2D eigenvalue weighted by molar-refractivity contribution is 5.73. The summed E-state index contributed by atoms with van der Waals surface area (Å²) < 4.78 is 5.62. The van der Waals surface area contributed by atoms with Gasteiger partial charge in [0.05, 0.1) is 6.61 Å². The summed E-state index contributed by atoms with van der Waals surface area (Å²) in [6.07, 6.45) is 1.01. The number of hydrogen-bond acceptors (Lipinski definition) is 2. The Morgan fingerprint density at radius 1 is 1.00 bits per heavy atom. The van der Waals surface area contributed by atoms with Crippen LogP contribution < -0.4 is 10.1 Å². The molecule has 0 bridgehead atoms. The summed E-state index contributed by atoms with van der Waals surface area (Å²) in [5.41, 5.74) is 3.46. The van der Waals surface area contributed by atoms with Crippen LogP contribution in [-0.4, -0.2) is 19.1 Å². The molecule has 0 radical (unpaired) electrons. The number of benzene rings is 2. The first-order valence-electron chi connectivity index (χ1n) is 8.50. The van der Waals surface area contributed by atoms with Crippen LogP contribution in [0.15, 0.2) is 48.5 Å². The fraction of sp³-hybridized carbons (Fsp3) is 0.381. The normalized spacial score (nSPS) is 11.2. The third-order valence-electron chi connectivity index (χ3n) is 4.11. The molecule has 24 heavy (non-hydrogen) atoms. The molecule has 0 aliphatic carbocycles. The van der Waals surface area contributed by atoms with Crippen molar-refractivity contribution in [1.29, 1.82) is 0 Å². The van der Waals surface area contributed by atoms with Gasteiger partial charge in [-0.15, -0.1) is 0 Å². The van der Waals surface area contributed by atoms with Gasteiger partial charge in [0, 0.05) is 18.9 Å². The number of carbonyl (C=O) groups excluding carboxylic acids is 1. The minimum atomic E-state index is -0.0952. The second-order valence-electron chi connectivity index (χ2n) is 6.74. The monoisotopic (exact) mass is 325 g/mol. The van der Waals surface area contributed by atoms with Crippen molar-refractivity contribution in [2.75, 3.05) is 13.2 Å². The highest BCUT2D eigenvalue weighted by atomic mass is 16.5. The van der Waals surface area contributed by atoms with Crippen LogP contribution in [0.1, 0.15) is 39.7 Å².